The van der Waals surface area contributed by atoms with Crippen LogP contribution >= 0.6 is 12.4 Å². The van der Waals surface area contributed by atoms with E-state index in [1.807, 2.05) is 24.0 Å². The van der Waals surface area contributed by atoms with Crippen LogP contribution in [0.1, 0.15) is 18.9 Å². The average molecular weight is 328 g/mol. The number of nitrogens with two attached hydrogens (primary N) is 1. The molecule has 0 aromatic heterocycles. The Kier molecular flexibility index (Phi) is 8.24. The molecule has 1 heterocycles. The third-order valence-corrected chi connectivity index (χ3v) is 3.72. The summed E-state index contributed by atoms with van der Waals surface area (Å²) >= 11 is 0. The maximum Gasteiger partial charge on any atom is 0.223 e. The van der Waals surface area contributed by atoms with Crippen molar-refractivity contribution in [3.63, 3.8) is 0 Å². The summed E-state index contributed by atoms with van der Waals surface area (Å²) in [6.45, 7) is 7.48. The third-order valence-electron chi connectivity index (χ3n) is 3.72. The van der Waals surface area contributed by atoms with Gasteiger partial charge < -0.3 is 15.4 Å². The van der Waals surface area contributed by atoms with Gasteiger partial charge in [-0.3, -0.25) is 9.69 Å². The molecule has 0 aliphatic carbocycles. The van der Waals surface area contributed by atoms with Gasteiger partial charge in [0.1, 0.15) is 5.75 Å². The number of piperazine rings is 1. The molecule has 1 aromatic rings. The summed E-state index contributed by atoms with van der Waals surface area (Å²) in [4.78, 5) is 16.1. The van der Waals surface area contributed by atoms with Crippen molar-refractivity contribution >= 4 is 18.3 Å². The van der Waals surface area contributed by atoms with Crippen LogP contribution in [0.4, 0.5) is 0 Å². The molecule has 2 N–H and O–H groups in total. The number of halogens is 1. The van der Waals surface area contributed by atoms with Crippen LogP contribution in [-0.4, -0.2) is 55.0 Å². The predicted octanol–water partition coefficient (Wildman–Crippen LogP) is 1.50. The second-order valence-corrected chi connectivity index (χ2v) is 5.27. The lowest BCUT2D eigenvalue weighted by Gasteiger charge is -2.34. The van der Waals surface area contributed by atoms with Crippen LogP contribution in [0.5, 0.6) is 5.75 Å². The molecule has 0 spiro atoms. The molecule has 5 nitrogen and oxygen atoms in total. The van der Waals surface area contributed by atoms with Crippen LogP contribution in [0.25, 0.3) is 0 Å². The molecule has 1 aliphatic rings. The second kappa shape index (κ2) is 9.66. The zero-order valence-electron chi connectivity index (χ0n) is 13.2. The molecule has 124 valence electrons. The Labute approximate surface area is 138 Å². The molecule has 0 bridgehead atoms. The SMILES string of the molecule is CCOc1ccc(CN2CCN(C(=O)CCN)CC2)cc1.Cl. The van der Waals surface area contributed by atoms with Gasteiger partial charge in [0.15, 0.2) is 0 Å². The van der Waals surface area contributed by atoms with Gasteiger partial charge >= 0.3 is 0 Å². The molecule has 0 radical (unpaired) electrons. The topological polar surface area (TPSA) is 58.8 Å². The Morgan fingerprint density at radius 2 is 1.82 bits per heavy atom. The monoisotopic (exact) mass is 327 g/mol. The first-order valence-electron chi connectivity index (χ1n) is 7.65. The molecule has 2 rings (SSSR count). The van der Waals surface area contributed by atoms with Crippen LogP contribution in [-0.2, 0) is 11.3 Å². The molecular weight excluding hydrogens is 302 g/mol. The normalized spacial score (nSPS) is 15.3. The molecule has 22 heavy (non-hydrogen) atoms. The summed E-state index contributed by atoms with van der Waals surface area (Å²) in [5.74, 6) is 1.09. The fraction of sp³-hybridized carbons (Fsp3) is 0.562. The predicted molar refractivity (Wildman–Crippen MR) is 90.4 cm³/mol. The van der Waals surface area contributed by atoms with Crippen molar-refractivity contribution < 1.29 is 9.53 Å². The number of carbonyl (C=O) groups is 1. The maximum atomic E-state index is 11.8. The van der Waals surface area contributed by atoms with E-state index in [0.717, 1.165) is 38.5 Å². The number of hydrogen-bond acceptors (Lipinski definition) is 4. The lowest BCUT2D eigenvalue weighted by Crippen LogP contribution is -2.48. The van der Waals surface area contributed by atoms with Crippen LogP contribution in [0.15, 0.2) is 24.3 Å². The summed E-state index contributed by atoms with van der Waals surface area (Å²) in [5, 5.41) is 0. The lowest BCUT2D eigenvalue weighted by molar-refractivity contribution is -0.132. The third kappa shape index (κ3) is 5.48. The molecule has 1 aliphatic heterocycles. The van der Waals surface area contributed by atoms with E-state index in [-0.39, 0.29) is 18.3 Å². The van der Waals surface area contributed by atoms with E-state index in [9.17, 15) is 4.79 Å². The van der Waals surface area contributed by atoms with Gasteiger partial charge in [0.05, 0.1) is 6.61 Å². The minimum Gasteiger partial charge on any atom is -0.494 e. The summed E-state index contributed by atoms with van der Waals surface area (Å²) in [6, 6.07) is 8.24. The number of hydrogen-bond donors (Lipinski definition) is 1. The highest BCUT2D eigenvalue weighted by Crippen LogP contribution is 2.14. The van der Waals surface area contributed by atoms with E-state index in [1.54, 1.807) is 0 Å². The quantitative estimate of drug-likeness (QED) is 0.860. The van der Waals surface area contributed by atoms with Crippen molar-refractivity contribution in [2.75, 3.05) is 39.3 Å². The van der Waals surface area contributed by atoms with Crippen LogP contribution in [0.3, 0.4) is 0 Å². The number of benzene rings is 1. The lowest BCUT2D eigenvalue weighted by atomic mass is 10.2. The van der Waals surface area contributed by atoms with Crippen LogP contribution < -0.4 is 10.5 Å². The summed E-state index contributed by atoms with van der Waals surface area (Å²) < 4.78 is 5.45. The fourth-order valence-electron chi connectivity index (χ4n) is 2.55. The van der Waals surface area contributed by atoms with Crippen molar-refractivity contribution in [1.29, 1.82) is 0 Å². The molecule has 0 unspecified atom stereocenters. The highest BCUT2D eigenvalue weighted by molar-refractivity contribution is 5.85. The Morgan fingerprint density at radius 1 is 1.18 bits per heavy atom. The van der Waals surface area contributed by atoms with E-state index >= 15 is 0 Å². The molecule has 1 fully saturated rings. The molecular formula is C16H26ClN3O2. The average Bonchev–Trinajstić information content (AvgIpc) is 2.50. The molecule has 1 saturated heterocycles. The number of ether oxygens (including phenoxy) is 1. The van der Waals surface area contributed by atoms with Crippen molar-refractivity contribution in [1.82, 2.24) is 9.80 Å². The van der Waals surface area contributed by atoms with Crippen LogP contribution in [0.2, 0.25) is 0 Å². The van der Waals surface area contributed by atoms with Gasteiger partial charge in [0.2, 0.25) is 5.91 Å². The van der Waals surface area contributed by atoms with Crippen molar-refractivity contribution in [2.24, 2.45) is 5.73 Å². The minimum atomic E-state index is 0. The Hall–Kier alpha value is -1.30. The number of amides is 1. The van der Waals surface area contributed by atoms with Gasteiger partial charge in [-0.2, -0.15) is 0 Å². The van der Waals surface area contributed by atoms with Gasteiger partial charge in [-0.05, 0) is 24.6 Å². The highest BCUT2D eigenvalue weighted by Gasteiger charge is 2.20. The van der Waals surface area contributed by atoms with Gasteiger partial charge in [0, 0.05) is 45.7 Å². The van der Waals surface area contributed by atoms with E-state index in [4.69, 9.17) is 10.5 Å². The van der Waals surface area contributed by atoms with E-state index in [2.05, 4.69) is 17.0 Å². The first-order valence-corrected chi connectivity index (χ1v) is 7.65. The number of rotatable bonds is 6. The zero-order chi connectivity index (χ0) is 15.1. The number of nitrogens with zero attached hydrogens (tertiary/aromatic N) is 2. The minimum absolute atomic E-state index is 0. The standard InChI is InChI=1S/C16H25N3O2.ClH/c1-2-21-15-5-3-14(4-6-15)13-18-9-11-19(12-10-18)16(20)7-8-17;/h3-6H,2,7-13,17H2,1H3;1H. The Bertz CT molecular complexity index is 445. The molecule has 0 atom stereocenters. The van der Waals surface area contributed by atoms with Gasteiger partial charge in [-0.15, -0.1) is 12.4 Å². The van der Waals surface area contributed by atoms with E-state index in [1.165, 1.54) is 5.56 Å². The summed E-state index contributed by atoms with van der Waals surface area (Å²) in [5.41, 5.74) is 6.71. The van der Waals surface area contributed by atoms with E-state index < -0.39 is 0 Å². The number of carbonyl (C=O) groups excluding carboxylic acids is 1. The van der Waals surface area contributed by atoms with Gasteiger partial charge in [0.25, 0.3) is 0 Å². The van der Waals surface area contributed by atoms with Crippen molar-refractivity contribution in [3.8, 4) is 5.75 Å². The fourth-order valence-corrected chi connectivity index (χ4v) is 2.55. The molecule has 1 amide bonds. The largest absolute Gasteiger partial charge is 0.494 e. The van der Waals surface area contributed by atoms with Gasteiger partial charge in [-0.1, -0.05) is 12.1 Å². The Morgan fingerprint density at radius 3 is 2.36 bits per heavy atom. The van der Waals surface area contributed by atoms with Crippen molar-refractivity contribution in [2.45, 2.75) is 19.9 Å². The van der Waals surface area contributed by atoms with Crippen molar-refractivity contribution in [3.05, 3.63) is 29.8 Å². The molecule has 1 aromatic carbocycles. The van der Waals surface area contributed by atoms with E-state index in [0.29, 0.717) is 19.6 Å². The molecule has 6 heteroatoms. The first-order chi connectivity index (χ1) is 10.2. The van der Waals surface area contributed by atoms with Gasteiger partial charge in [-0.25, -0.2) is 0 Å². The maximum absolute atomic E-state index is 11.8. The first kappa shape index (κ1) is 18.7. The second-order valence-electron chi connectivity index (χ2n) is 5.27. The van der Waals surface area contributed by atoms with Crippen LogP contribution in [0, 0.1) is 0 Å². The highest BCUT2D eigenvalue weighted by atomic mass is 35.5. The summed E-state index contributed by atoms with van der Waals surface area (Å²) in [6.07, 6.45) is 0.457. The molecule has 0 saturated carbocycles. The smallest absolute Gasteiger partial charge is 0.223 e. The Balaban J connectivity index is 0.00000242. The summed E-state index contributed by atoms with van der Waals surface area (Å²) in [7, 11) is 0. The zero-order valence-corrected chi connectivity index (χ0v) is 14.0.